The quantitative estimate of drug-likeness (QED) is 0.724. The minimum Gasteiger partial charge on any atom is -0.493 e. The number of nitrogens with one attached hydrogen (secondary N) is 2. The molecule has 2 N–H and O–H groups in total. The summed E-state index contributed by atoms with van der Waals surface area (Å²) in [6.45, 7) is 10.8. The van der Waals surface area contributed by atoms with Gasteiger partial charge in [0.2, 0.25) is 0 Å². The molecule has 0 spiro atoms. The first-order chi connectivity index (χ1) is 10.6. The summed E-state index contributed by atoms with van der Waals surface area (Å²) in [7, 11) is 0. The summed E-state index contributed by atoms with van der Waals surface area (Å²) in [4.78, 5) is 12.5. The van der Waals surface area contributed by atoms with Crippen LogP contribution in [0.4, 0.5) is 0 Å². The highest BCUT2D eigenvalue weighted by atomic mass is 79.9. The van der Waals surface area contributed by atoms with Crippen molar-refractivity contribution in [2.24, 2.45) is 5.92 Å². The third-order valence-corrected chi connectivity index (χ3v) is 3.55. The van der Waals surface area contributed by atoms with Crippen molar-refractivity contribution in [2.45, 2.75) is 46.6 Å². The largest absolute Gasteiger partial charge is 0.493 e. The van der Waals surface area contributed by atoms with Crippen LogP contribution in [-0.4, -0.2) is 23.2 Å². The van der Waals surface area contributed by atoms with E-state index >= 15 is 0 Å². The molecule has 1 aromatic carbocycles. The van der Waals surface area contributed by atoms with Gasteiger partial charge in [0, 0.05) is 10.0 Å². The molecule has 0 saturated carbocycles. The maximum absolute atomic E-state index is 12.5. The Morgan fingerprint density at radius 2 is 2.00 bits per heavy atom. The number of ether oxygens (including phenoxy) is 1. The molecule has 1 amide bonds. The zero-order chi connectivity index (χ0) is 17.6. The third-order valence-electron chi connectivity index (χ3n) is 2.85. The van der Waals surface area contributed by atoms with Gasteiger partial charge in [-0.1, -0.05) is 29.8 Å². The monoisotopic (exact) mass is 400 g/mol. The second kappa shape index (κ2) is 8.64. The number of carbonyl (C=O) groups is 1. The van der Waals surface area contributed by atoms with E-state index in [1.54, 1.807) is 12.1 Å². The van der Waals surface area contributed by atoms with E-state index in [4.69, 9.17) is 17.0 Å². The number of thiocarbonyl (C=S) groups is 1. The highest BCUT2D eigenvalue weighted by Crippen LogP contribution is 2.23. The summed E-state index contributed by atoms with van der Waals surface area (Å²) >= 11 is 8.57. The molecule has 0 fully saturated rings. The lowest BCUT2D eigenvalue weighted by atomic mass is 10.1. The van der Waals surface area contributed by atoms with Gasteiger partial charge in [-0.3, -0.25) is 10.1 Å². The summed E-state index contributed by atoms with van der Waals surface area (Å²) in [6.07, 6.45) is 0.932. The molecule has 1 rings (SSSR count). The van der Waals surface area contributed by atoms with Crippen molar-refractivity contribution >= 4 is 39.2 Å². The molecule has 128 valence electrons. The van der Waals surface area contributed by atoms with Crippen molar-refractivity contribution < 1.29 is 9.53 Å². The standard InChI is InChI=1S/C17H25BrN2O2S/c1-11(2)8-9-22-14-7-6-12(18)10-13(14)15(21)19-16(23)20-17(3,4)5/h6-7,10-11H,8-9H2,1-5H3,(H2,19,20,21,23). The first kappa shape index (κ1) is 19.9. The molecule has 23 heavy (non-hydrogen) atoms. The molecule has 6 heteroatoms. The van der Waals surface area contributed by atoms with Crippen molar-refractivity contribution in [1.82, 2.24) is 10.6 Å². The number of amides is 1. The van der Waals surface area contributed by atoms with Gasteiger partial charge in [0.05, 0.1) is 12.2 Å². The van der Waals surface area contributed by atoms with E-state index in [2.05, 4.69) is 40.4 Å². The Balaban J connectivity index is 2.82. The van der Waals surface area contributed by atoms with Crippen molar-refractivity contribution in [3.8, 4) is 5.75 Å². The van der Waals surface area contributed by atoms with Crippen LogP contribution in [0.5, 0.6) is 5.75 Å². The fourth-order valence-electron chi connectivity index (χ4n) is 1.75. The van der Waals surface area contributed by atoms with Crippen LogP contribution in [0.3, 0.4) is 0 Å². The Bertz CT molecular complexity index is 568. The maximum atomic E-state index is 12.5. The van der Waals surface area contributed by atoms with E-state index in [1.165, 1.54) is 0 Å². The molecular weight excluding hydrogens is 376 g/mol. The highest BCUT2D eigenvalue weighted by Gasteiger charge is 2.17. The lowest BCUT2D eigenvalue weighted by Gasteiger charge is -2.22. The average Bonchev–Trinajstić information content (AvgIpc) is 2.37. The van der Waals surface area contributed by atoms with Gasteiger partial charge in [0.15, 0.2) is 5.11 Å². The van der Waals surface area contributed by atoms with Crippen LogP contribution < -0.4 is 15.4 Å². The van der Waals surface area contributed by atoms with E-state index in [0.717, 1.165) is 10.9 Å². The Hall–Kier alpha value is -1.14. The van der Waals surface area contributed by atoms with Crippen LogP contribution in [0.15, 0.2) is 22.7 Å². The van der Waals surface area contributed by atoms with Crippen molar-refractivity contribution in [2.75, 3.05) is 6.61 Å². The van der Waals surface area contributed by atoms with Crippen LogP contribution >= 0.6 is 28.1 Å². The maximum Gasteiger partial charge on any atom is 0.261 e. The number of hydrogen-bond donors (Lipinski definition) is 2. The van der Waals surface area contributed by atoms with Crippen molar-refractivity contribution in [3.63, 3.8) is 0 Å². The van der Waals surface area contributed by atoms with Gasteiger partial charge in [-0.15, -0.1) is 0 Å². The van der Waals surface area contributed by atoms with Gasteiger partial charge in [0.25, 0.3) is 5.91 Å². The SMILES string of the molecule is CC(C)CCOc1ccc(Br)cc1C(=O)NC(=S)NC(C)(C)C. The number of carbonyl (C=O) groups excluding carboxylic acids is 1. The number of benzene rings is 1. The Morgan fingerprint density at radius 1 is 1.35 bits per heavy atom. The molecule has 0 unspecified atom stereocenters. The van der Waals surface area contributed by atoms with Crippen LogP contribution in [0.2, 0.25) is 0 Å². The highest BCUT2D eigenvalue weighted by molar-refractivity contribution is 9.10. The van der Waals surface area contributed by atoms with Gasteiger partial charge in [0.1, 0.15) is 5.75 Å². The Morgan fingerprint density at radius 3 is 2.57 bits per heavy atom. The molecule has 0 aliphatic rings. The minimum absolute atomic E-state index is 0.210. The van der Waals surface area contributed by atoms with Crippen LogP contribution in [0, 0.1) is 5.92 Å². The molecule has 0 aliphatic carbocycles. The van der Waals surface area contributed by atoms with Crippen LogP contribution in [0.1, 0.15) is 51.4 Å². The van der Waals surface area contributed by atoms with E-state index in [9.17, 15) is 4.79 Å². The smallest absolute Gasteiger partial charge is 0.261 e. The van der Waals surface area contributed by atoms with Gasteiger partial charge >= 0.3 is 0 Å². The molecule has 0 heterocycles. The normalized spacial score (nSPS) is 11.3. The molecule has 0 aromatic heterocycles. The minimum atomic E-state index is -0.285. The molecule has 0 radical (unpaired) electrons. The predicted octanol–water partition coefficient (Wildman–Crippen LogP) is 4.28. The number of hydrogen-bond acceptors (Lipinski definition) is 3. The fraction of sp³-hybridized carbons (Fsp3) is 0.529. The van der Waals surface area contributed by atoms with Crippen LogP contribution in [0.25, 0.3) is 0 Å². The lowest BCUT2D eigenvalue weighted by Crippen LogP contribution is -2.48. The first-order valence-electron chi connectivity index (χ1n) is 7.64. The lowest BCUT2D eigenvalue weighted by molar-refractivity contribution is 0.0972. The van der Waals surface area contributed by atoms with Crippen molar-refractivity contribution in [1.29, 1.82) is 0 Å². The van der Waals surface area contributed by atoms with Gasteiger partial charge in [-0.05, 0) is 63.5 Å². The van der Waals surface area contributed by atoms with Gasteiger partial charge in [-0.2, -0.15) is 0 Å². The fourth-order valence-corrected chi connectivity index (χ4v) is 2.51. The van der Waals surface area contributed by atoms with E-state index in [1.807, 2.05) is 26.8 Å². The summed E-state index contributed by atoms with van der Waals surface area (Å²) in [6, 6.07) is 5.38. The number of halogens is 1. The zero-order valence-corrected chi connectivity index (χ0v) is 16.7. The molecule has 0 bridgehead atoms. The molecule has 0 aliphatic heterocycles. The summed E-state index contributed by atoms with van der Waals surface area (Å²) in [5.74, 6) is 0.823. The second-order valence-corrected chi connectivity index (χ2v) is 8.15. The Labute approximate surface area is 152 Å². The Kier molecular flexibility index (Phi) is 7.48. The predicted molar refractivity (Wildman–Crippen MR) is 102 cm³/mol. The molecule has 0 atom stereocenters. The summed E-state index contributed by atoms with van der Waals surface area (Å²) in [5.41, 5.74) is 0.249. The van der Waals surface area contributed by atoms with Crippen LogP contribution in [-0.2, 0) is 0 Å². The van der Waals surface area contributed by atoms with E-state index in [-0.39, 0.29) is 11.4 Å². The van der Waals surface area contributed by atoms with Gasteiger partial charge in [-0.25, -0.2) is 0 Å². The summed E-state index contributed by atoms with van der Waals surface area (Å²) in [5, 5.41) is 6.06. The number of rotatable bonds is 5. The molecule has 4 nitrogen and oxygen atoms in total. The average molecular weight is 401 g/mol. The molecule has 0 saturated heterocycles. The van der Waals surface area contributed by atoms with Gasteiger partial charge < -0.3 is 10.1 Å². The molecular formula is C17H25BrN2O2S. The second-order valence-electron chi connectivity index (χ2n) is 6.83. The van der Waals surface area contributed by atoms with E-state index in [0.29, 0.717) is 29.0 Å². The van der Waals surface area contributed by atoms with Crippen molar-refractivity contribution in [3.05, 3.63) is 28.2 Å². The third kappa shape index (κ3) is 7.79. The topological polar surface area (TPSA) is 50.4 Å². The zero-order valence-electron chi connectivity index (χ0n) is 14.3. The molecule has 1 aromatic rings. The first-order valence-corrected chi connectivity index (χ1v) is 8.84. The van der Waals surface area contributed by atoms with E-state index < -0.39 is 0 Å². The summed E-state index contributed by atoms with van der Waals surface area (Å²) < 4.78 is 6.57.